The maximum atomic E-state index is 12.0. The van der Waals surface area contributed by atoms with E-state index in [0.717, 1.165) is 6.42 Å². The molecule has 1 aliphatic heterocycles. The van der Waals surface area contributed by atoms with Gasteiger partial charge in [-0.2, -0.15) is 0 Å². The van der Waals surface area contributed by atoms with Gasteiger partial charge in [-0.05, 0) is 20.3 Å². The quantitative estimate of drug-likeness (QED) is 0.534. The van der Waals surface area contributed by atoms with Crippen molar-refractivity contribution in [3.8, 4) is 0 Å². The van der Waals surface area contributed by atoms with Gasteiger partial charge in [-0.1, -0.05) is 6.92 Å². The van der Waals surface area contributed by atoms with Crippen molar-refractivity contribution in [2.45, 2.75) is 39.0 Å². The van der Waals surface area contributed by atoms with Crippen molar-refractivity contribution in [3.05, 3.63) is 0 Å². The van der Waals surface area contributed by atoms with Crippen molar-refractivity contribution >= 4 is 7.60 Å². The van der Waals surface area contributed by atoms with E-state index < -0.39 is 7.60 Å². The van der Waals surface area contributed by atoms with Gasteiger partial charge in [-0.3, -0.25) is 9.88 Å². The average molecular weight is 207 g/mol. The van der Waals surface area contributed by atoms with E-state index >= 15 is 0 Å². The van der Waals surface area contributed by atoms with Crippen LogP contribution in [-0.2, 0) is 13.6 Å². The third-order valence-electron chi connectivity index (χ3n) is 2.06. The largest absolute Gasteiger partial charge is 0.349 e. The fourth-order valence-corrected chi connectivity index (χ4v) is 3.52. The number of rotatable bonds is 6. The molecule has 0 radical (unpaired) electrons. The smallest absolute Gasteiger partial charge is 0.308 e. The monoisotopic (exact) mass is 207 g/mol. The topological polar surface area (TPSA) is 57.5 Å². The molecule has 1 N–H and O–H groups in total. The zero-order chi connectivity index (χ0) is 9.90. The summed E-state index contributed by atoms with van der Waals surface area (Å²) in [6.45, 7) is 6.59. The summed E-state index contributed by atoms with van der Waals surface area (Å²) >= 11 is 0. The molecule has 78 valence electrons. The molecular formula is C8H18NO3P. The molecule has 0 saturated carbocycles. The van der Waals surface area contributed by atoms with Crippen molar-refractivity contribution < 1.29 is 13.6 Å². The van der Waals surface area contributed by atoms with Gasteiger partial charge in [0.25, 0.3) is 0 Å². The lowest BCUT2D eigenvalue weighted by molar-refractivity contribution is 0.218. The first-order chi connectivity index (χ1) is 6.18. The second kappa shape index (κ2) is 4.56. The molecule has 13 heavy (non-hydrogen) atoms. The minimum atomic E-state index is -2.86. The van der Waals surface area contributed by atoms with E-state index in [0.29, 0.717) is 19.3 Å². The Labute approximate surface area is 79.5 Å². The predicted octanol–water partition coefficient (Wildman–Crippen LogP) is 1.96. The summed E-state index contributed by atoms with van der Waals surface area (Å²) in [5, 5.41) is 3.12. The highest BCUT2D eigenvalue weighted by atomic mass is 31.2. The van der Waals surface area contributed by atoms with E-state index in [2.05, 4.69) is 12.2 Å². The molecule has 0 aromatic rings. The highest BCUT2D eigenvalue weighted by Crippen LogP contribution is 2.58. The molecule has 1 heterocycles. The van der Waals surface area contributed by atoms with Gasteiger partial charge < -0.3 is 9.05 Å². The molecule has 1 rings (SSSR count). The van der Waals surface area contributed by atoms with Crippen molar-refractivity contribution in [1.29, 1.82) is 0 Å². The lowest BCUT2D eigenvalue weighted by Gasteiger charge is -2.15. The Morgan fingerprint density at radius 3 is 2.08 bits per heavy atom. The van der Waals surface area contributed by atoms with Gasteiger partial charge in [-0.25, -0.2) is 0 Å². The van der Waals surface area contributed by atoms with Gasteiger partial charge in [0.05, 0.1) is 13.2 Å². The van der Waals surface area contributed by atoms with E-state index in [4.69, 9.17) is 9.05 Å². The summed E-state index contributed by atoms with van der Waals surface area (Å²) in [5.74, 6) is -0.0719. The molecule has 1 aliphatic rings. The lowest BCUT2D eigenvalue weighted by atomic mass is 10.4. The molecule has 0 aromatic carbocycles. The first kappa shape index (κ1) is 11.2. The molecule has 1 saturated heterocycles. The van der Waals surface area contributed by atoms with Crippen LogP contribution >= 0.6 is 7.60 Å². The molecule has 0 amide bonds. The molecule has 5 heteroatoms. The van der Waals surface area contributed by atoms with Gasteiger partial charge >= 0.3 is 7.60 Å². The summed E-state index contributed by atoms with van der Waals surface area (Å²) in [4.78, 5) is 0. The standard InChI is InChI=1S/C8H18NO3P/c1-4-7-8(9-7)13(10,11-5-2)12-6-3/h7-9H,4-6H2,1-3H3. The highest BCUT2D eigenvalue weighted by molar-refractivity contribution is 7.55. The summed E-state index contributed by atoms with van der Waals surface area (Å²) in [6, 6.07) is 0.309. The van der Waals surface area contributed by atoms with E-state index in [-0.39, 0.29) is 5.78 Å². The van der Waals surface area contributed by atoms with Crippen LogP contribution in [-0.4, -0.2) is 25.0 Å². The number of nitrogens with one attached hydrogen (secondary N) is 1. The number of hydrogen-bond acceptors (Lipinski definition) is 4. The molecule has 0 aliphatic carbocycles. The maximum Gasteiger partial charge on any atom is 0.349 e. The zero-order valence-electron chi connectivity index (χ0n) is 8.45. The van der Waals surface area contributed by atoms with Crippen molar-refractivity contribution in [1.82, 2.24) is 5.32 Å². The average Bonchev–Trinajstić information content (AvgIpc) is 2.84. The normalized spacial score (nSPS) is 27.6. The second-order valence-corrected chi connectivity index (χ2v) is 5.15. The molecule has 1 fully saturated rings. The lowest BCUT2D eigenvalue weighted by Crippen LogP contribution is -2.04. The summed E-state index contributed by atoms with van der Waals surface area (Å²) in [5.41, 5.74) is 0. The van der Waals surface area contributed by atoms with E-state index in [1.165, 1.54) is 0 Å². The van der Waals surface area contributed by atoms with Crippen LogP contribution in [0.2, 0.25) is 0 Å². The minimum absolute atomic E-state index is 0.0719. The third-order valence-corrected chi connectivity index (χ3v) is 4.48. The van der Waals surface area contributed by atoms with Gasteiger partial charge in [0.15, 0.2) is 0 Å². The Hall–Kier alpha value is 0.110. The van der Waals surface area contributed by atoms with Crippen LogP contribution in [0.4, 0.5) is 0 Å². The van der Waals surface area contributed by atoms with Crippen LogP contribution in [0.5, 0.6) is 0 Å². The van der Waals surface area contributed by atoms with E-state index in [9.17, 15) is 4.57 Å². The Morgan fingerprint density at radius 2 is 1.77 bits per heavy atom. The Morgan fingerprint density at radius 1 is 1.23 bits per heavy atom. The van der Waals surface area contributed by atoms with Crippen LogP contribution in [0.1, 0.15) is 27.2 Å². The van der Waals surface area contributed by atoms with Crippen molar-refractivity contribution in [3.63, 3.8) is 0 Å². The van der Waals surface area contributed by atoms with Crippen molar-refractivity contribution in [2.75, 3.05) is 13.2 Å². The molecule has 0 aromatic heterocycles. The van der Waals surface area contributed by atoms with Gasteiger partial charge in [0, 0.05) is 6.04 Å². The molecule has 2 unspecified atom stereocenters. The zero-order valence-corrected chi connectivity index (χ0v) is 9.34. The fourth-order valence-electron chi connectivity index (χ4n) is 1.37. The van der Waals surface area contributed by atoms with Gasteiger partial charge in [-0.15, -0.1) is 0 Å². The van der Waals surface area contributed by atoms with Gasteiger partial charge in [0.1, 0.15) is 5.78 Å². The first-order valence-electron chi connectivity index (χ1n) is 4.82. The summed E-state index contributed by atoms with van der Waals surface area (Å²) < 4.78 is 22.4. The molecule has 0 spiro atoms. The first-order valence-corrected chi connectivity index (χ1v) is 6.44. The molecular weight excluding hydrogens is 189 g/mol. The summed E-state index contributed by atoms with van der Waals surface area (Å²) in [6.07, 6.45) is 0.967. The van der Waals surface area contributed by atoms with Crippen LogP contribution in [0.25, 0.3) is 0 Å². The van der Waals surface area contributed by atoms with Gasteiger partial charge in [0.2, 0.25) is 0 Å². The molecule has 4 nitrogen and oxygen atoms in total. The fraction of sp³-hybridized carbons (Fsp3) is 1.00. The summed E-state index contributed by atoms with van der Waals surface area (Å²) in [7, 11) is -2.86. The Balaban J connectivity index is 2.53. The maximum absolute atomic E-state index is 12.0. The third kappa shape index (κ3) is 2.53. The van der Waals surface area contributed by atoms with E-state index in [1.54, 1.807) is 0 Å². The van der Waals surface area contributed by atoms with Crippen LogP contribution < -0.4 is 5.32 Å². The van der Waals surface area contributed by atoms with Crippen LogP contribution in [0.3, 0.4) is 0 Å². The minimum Gasteiger partial charge on any atom is -0.308 e. The Bertz CT molecular complexity index is 200. The number of hydrogen-bond donors (Lipinski definition) is 1. The van der Waals surface area contributed by atoms with Crippen LogP contribution in [0.15, 0.2) is 0 Å². The van der Waals surface area contributed by atoms with E-state index in [1.807, 2.05) is 13.8 Å². The SMILES string of the molecule is CCOP(=O)(OCC)C1NC1CC. The Kier molecular flexibility index (Phi) is 3.92. The second-order valence-electron chi connectivity index (χ2n) is 3.00. The predicted molar refractivity (Wildman–Crippen MR) is 51.9 cm³/mol. The van der Waals surface area contributed by atoms with Crippen LogP contribution in [0, 0.1) is 0 Å². The molecule has 0 bridgehead atoms. The molecule has 2 atom stereocenters. The highest BCUT2D eigenvalue weighted by Gasteiger charge is 2.51. The van der Waals surface area contributed by atoms with Crippen molar-refractivity contribution in [2.24, 2.45) is 0 Å².